The van der Waals surface area contributed by atoms with Crippen LogP contribution in [0.1, 0.15) is 26.3 Å². The van der Waals surface area contributed by atoms with E-state index in [0.717, 1.165) is 163 Å². The van der Waals surface area contributed by atoms with E-state index in [1.54, 1.807) is 0 Å². The Balaban J connectivity index is 0.780. The van der Waals surface area contributed by atoms with Gasteiger partial charge < -0.3 is 37.7 Å². The molecule has 0 saturated heterocycles. The topological polar surface area (TPSA) is 78.4 Å². The number of benzene rings is 12. The van der Waals surface area contributed by atoms with Gasteiger partial charge in [0.1, 0.15) is 80.5 Å². The van der Waals surface area contributed by atoms with Crippen LogP contribution in [0.25, 0.3) is 72.2 Å². The SMILES string of the molecule is CC(C)(C)c1cccc(-n2c3ccccc3c3ccc(Oc4cccc(-n5[c-][n+](-c6c(-c7ccc8c9c7Oc7cccc%10c7B9c7c(cccc7O8)O%10)cccc6-c6ccc7c8c6Oc6cccc9c6B8c6c(cccc6O7)O9)c6ccccc65)c4)cc32)c1. The van der Waals surface area contributed by atoms with Crippen molar-refractivity contribution in [1.82, 2.24) is 9.13 Å². The molecule has 0 radical (unpaired) electrons. The second-order valence-corrected chi connectivity index (χ2v) is 24.8. The number of hydrogen-bond acceptors (Lipinski definition) is 7. The van der Waals surface area contributed by atoms with E-state index in [4.69, 9.17) is 33.2 Å². The van der Waals surface area contributed by atoms with E-state index in [2.05, 4.69) is 186 Å². The van der Waals surface area contributed by atoms with Crippen molar-refractivity contribution in [1.29, 1.82) is 0 Å². The van der Waals surface area contributed by atoms with Crippen LogP contribution in [-0.2, 0) is 5.41 Å². The van der Waals surface area contributed by atoms with Crippen molar-refractivity contribution in [3.63, 3.8) is 0 Å². The number of rotatable bonds is 7. The van der Waals surface area contributed by atoms with E-state index >= 15 is 0 Å². The Morgan fingerprint density at radius 3 is 1.43 bits per heavy atom. The van der Waals surface area contributed by atoms with Gasteiger partial charge in [-0.1, -0.05) is 124 Å². The molecule has 10 nitrogen and oxygen atoms in total. The number of aromatic nitrogens is 3. The fourth-order valence-electron chi connectivity index (χ4n) is 14.9. The van der Waals surface area contributed by atoms with Gasteiger partial charge in [0.2, 0.25) is 0 Å². The fraction of sp³-hybridized carbons (Fsp3) is 0.0519. The highest BCUT2D eigenvalue weighted by Gasteiger charge is 2.49. The van der Waals surface area contributed by atoms with E-state index < -0.39 is 0 Å². The highest BCUT2D eigenvalue weighted by atomic mass is 16.5. The van der Waals surface area contributed by atoms with Crippen molar-refractivity contribution < 1.29 is 37.7 Å². The number of nitrogens with zero attached hydrogens (tertiary/aromatic N) is 3. The van der Waals surface area contributed by atoms with Crippen molar-refractivity contribution in [3.05, 3.63) is 242 Å². The van der Waals surface area contributed by atoms with Crippen molar-refractivity contribution in [2.45, 2.75) is 26.2 Å². The molecule has 0 fully saturated rings. The summed E-state index contributed by atoms with van der Waals surface area (Å²) >= 11 is 0. The minimum Gasteiger partial charge on any atom is -0.458 e. The fourth-order valence-corrected chi connectivity index (χ4v) is 14.9. The Bertz CT molecular complexity index is 5270. The minimum absolute atomic E-state index is 0.0169. The van der Waals surface area contributed by atoms with Crippen LogP contribution in [0.15, 0.2) is 231 Å². The highest BCUT2D eigenvalue weighted by molar-refractivity contribution is 7.00. The van der Waals surface area contributed by atoms with E-state index in [1.807, 2.05) is 84.9 Å². The Hall–Kier alpha value is -11.4. The van der Waals surface area contributed by atoms with Crippen LogP contribution in [0.4, 0.5) is 0 Å². The molecule has 0 saturated carbocycles. The second kappa shape index (κ2) is 17.6. The van der Waals surface area contributed by atoms with Gasteiger partial charge >= 0.3 is 0 Å². The molecule has 2 aromatic heterocycles. The molecule has 0 N–H and O–H groups in total. The average molecular weight is 1150 g/mol. The number of ether oxygens (including phenoxy) is 7. The summed E-state index contributed by atoms with van der Waals surface area (Å²) in [5.41, 5.74) is 17.6. The zero-order valence-corrected chi connectivity index (χ0v) is 48.3. The van der Waals surface area contributed by atoms with Crippen LogP contribution < -0.4 is 70.5 Å². The van der Waals surface area contributed by atoms with Crippen LogP contribution in [-0.4, -0.2) is 22.6 Å². The monoisotopic (exact) mass is 1150 g/mol. The van der Waals surface area contributed by atoms with Crippen LogP contribution in [0.3, 0.4) is 0 Å². The molecule has 0 atom stereocenters. The second-order valence-electron chi connectivity index (χ2n) is 24.8. The summed E-state index contributed by atoms with van der Waals surface area (Å²) in [6, 6.07) is 79.9. The summed E-state index contributed by atoms with van der Waals surface area (Å²) in [5.74, 6) is 10.5. The van der Waals surface area contributed by atoms with Crippen LogP contribution in [0.5, 0.6) is 80.5 Å². The standard InChI is InChI=1S/C77H47B2N3O7/c1-77(2,3)43-15-8-17-45(39-43)82-54-22-5-4-19-48(54)49-34-33-47(41-57(49)82)83-46-18-9-16-44(40-46)80-42-81(56-24-7-6-23-55(56)80)74-50(52-35-37-66-72-75(52)88-64-31-13-29-62-70(64)78(72)68-58(84-62)25-11-27-60(68)86-66)20-10-21-51(74)53-36-38-67-73-76(53)89-65-32-14-30-63-71(65)79(73)69-59(85-63)26-12-28-61(69)87-67/h4-41H,1-3H3. The largest absolute Gasteiger partial charge is 0.458 e. The molecule has 0 bridgehead atoms. The van der Waals surface area contributed by atoms with Crippen molar-refractivity contribution in [3.8, 4) is 120 Å². The molecular formula is C77H47B2N3O7. The Morgan fingerprint density at radius 1 is 0.371 bits per heavy atom. The molecular weight excluding hydrogens is 1100 g/mol. The number of hydrogen-bond donors (Lipinski definition) is 0. The third-order valence-corrected chi connectivity index (χ3v) is 18.8. The molecule has 12 aromatic carbocycles. The smallest absolute Gasteiger partial charge is 0.270 e. The highest BCUT2D eigenvalue weighted by Crippen LogP contribution is 2.50. The molecule has 12 heteroatoms. The maximum atomic E-state index is 7.26. The molecule has 0 aliphatic carbocycles. The maximum absolute atomic E-state index is 7.26. The van der Waals surface area contributed by atoms with E-state index in [9.17, 15) is 0 Å². The lowest BCUT2D eigenvalue weighted by molar-refractivity contribution is -0.571. The molecule has 6 aliphatic heterocycles. The molecule has 89 heavy (non-hydrogen) atoms. The summed E-state index contributed by atoms with van der Waals surface area (Å²) in [7, 11) is 0. The molecule has 0 spiro atoms. The van der Waals surface area contributed by atoms with Crippen molar-refractivity contribution >= 4 is 79.0 Å². The third kappa shape index (κ3) is 6.85. The third-order valence-electron chi connectivity index (χ3n) is 18.8. The Kier molecular flexibility index (Phi) is 9.68. The Morgan fingerprint density at radius 2 is 0.843 bits per heavy atom. The predicted molar refractivity (Wildman–Crippen MR) is 350 cm³/mol. The zero-order valence-electron chi connectivity index (χ0n) is 48.3. The van der Waals surface area contributed by atoms with Crippen LogP contribution >= 0.6 is 0 Å². The summed E-state index contributed by atoms with van der Waals surface area (Å²) in [6.07, 6.45) is 3.96. The number of fused-ring (bicyclic) bond motifs is 4. The first-order valence-electron chi connectivity index (χ1n) is 30.2. The van der Waals surface area contributed by atoms with Crippen LogP contribution in [0, 0.1) is 6.33 Å². The number of para-hydroxylation sites is 4. The van der Waals surface area contributed by atoms with Gasteiger partial charge in [0.15, 0.2) is 0 Å². The van der Waals surface area contributed by atoms with Gasteiger partial charge in [-0.25, -0.2) is 0 Å². The molecule has 20 rings (SSSR count). The lowest BCUT2D eigenvalue weighted by Crippen LogP contribution is -2.59. The van der Waals surface area contributed by atoms with Crippen molar-refractivity contribution in [2.75, 3.05) is 0 Å². The summed E-state index contributed by atoms with van der Waals surface area (Å²) in [4.78, 5) is 0. The van der Waals surface area contributed by atoms with Crippen LogP contribution in [0.2, 0.25) is 0 Å². The molecule has 0 unspecified atom stereocenters. The normalized spacial score (nSPS) is 13.6. The maximum Gasteiger partial charge on any atom is 0.270 e. The van der Waals surface area contributed by atoms with Gasteiger partial charge in [0.05, 0.1) is 33.4 Å². The summed E-state index contributed by atoms with van der Waals surface area (Å²) in [5, 5.41) is 2.34. The quantitative estimate of drug-likeness (QED) is 0.0894. The van der Waals surface area contributed by atoms with Gasteiger partial charge in [0.25, 0.3) is 19.8 Å². The first kappa shape index (κ1) is 48.8. The van der Waals surface area contributed by atoms with Gasteiger partial charge in [-0.15, -0.1) is 0 Å². The van der Waals surface area contributed by atoms with E-state index in [0.29, 0.717) is 17.2 Å². The summed E-state index contributed by atoms with van der Waals surface area (Å²) in [6.45, 7) is 6.40. The molecule has 0 amide bonds. The lowest BCUT2D eigenvalue weighted by Gasteiger charge is -2.38. The van der Waals surface area contributed by atoms with Gasteiger partial charge in [0, 0.05) is 66.4 Å². The first-order valence-corrected chi connectivity index (χ1v) is 30.2. The molecule has 8 heterocycles. The average Bonchev–Trinajstić information content (AvgIpc) is 1.44. The van der Waals surface area contributed by atoms with E-state index in [1.165, 1.54) is 10.9 Å². The predicted octanol–water partition coefficient (Wildman–Crippen LogP) is 14.9. The van der Waals surface area contributed by atoms with Gasteiger partial charge in [-0.2, -0.15) is 0 Å². The van der Waals surface area contributed by atoms with Crippen molar-refractivity contribution in [2.24, 2.45) is 0 Å². The number of imidazole rings is 1. The molecule has 418 valence electrons. The minimum atomic E-state index is -0.191. The first-order chi connectivity index (χ1) is 43.7. The lowest BCUT2D eigenvalue weighted by atomic mass is 9.33. The summed E-state index contributed by atoms with van der Waals surface area (Å²) < 4.78 is 55.0. The van der Waals surface area contributed by atoms with Gasteiger partial charge in [-0.3, -0.25) is 9.13 Å². The molecule has 14 aromatic rings. The molecule has 6 aliphatic rings. The Labute approximate surface area is 511 Å². The van der Waals surface area contributed by atoms with Gasteiger partial charge in [-0.05, 0) is 143 Å². The zero-order chi connectivity index (χ0) is 58.5. The van der Waals surface area contributed by atoms with E-state index in [-0.39, 0.29) is 18.8 Å².